The quantitative estimate of drug-likeness (QED) is 0.0648. The monoisotopic (exact) mass is 1070 g/mol. The van der Waals surface area contributed by atoms with E-state index in [1.807, 2.05) is 65.0 Å². The first-order valence-electron chi connectivity index (χ1n) is 27.9. The fourth-order valence-electron chi connectivity index (χ4n) is 11.3. The zero-order valence-corrected chi connectivity index (χ0v) is 48.0. The highest BCUT2D eigenvalue weighted by atomic mass is 16.6. The number of cyclic esters (lactones) is 1. The minimum Gasteiger partial charge on any atom is -0.460 e. The molecule has 1 aliphatic carbocycles. The molecule has 2 bridgehead atoms. The van der Waals surface area contributed by atoms with Gasteiger partial charge in [0.25, 0.3) is 11.7 Å². The Morgan fingerprint density at radius 3 is 2.09 bits per heavy atom. The molecule has 3 aliphatic heterocycles. The van der Waals surface area contributed by atoms with Gasteiger partial charge in [0.15, 0.2) is 5.78 Å². The van der Waals surface area contributed by atoms with E-state index in [2.05, 4.69) is 0 Å². The molecule has 0 aromatic carbocycles. The van der Waals surface area contributed by atoms with Crippen molar-refractivity contribution in [2.75, 3.05) is 81.7 Å². The number of hydrogen-bond acceptors (Lipinski definition) is 16. The number of piperidine rings is 1. The summed E-state index contributed by atoms with van der Waals surface area (Å²) in [5.74, 6) is -7.49. The van der Waals surface area contributed by atoms with Gasteiger partial charge < -0.3 is 57.4 Å². The van der Waals surface area contributed by atoms with Crippen molar-refractivity contribution in [3.05, 3.63) is 47.6 Å². The van der Waals surface area contributed by atoms with Gasteiger partial charge in [-0.25, -0.2) is 4.79 Å². The third-order valence-corrected chi connectivity index (χ3v) is 16.0. The van der Waals surface area contributed by atoms with Gasteiger partial charge in [0.05, 0.1) is 64.1 Å². The van der Waals surface area contributed by atoms with Crippen LogP contribution in [0.25, 0.3) is 0 Å². The lowest BCUT2D eigenvalue weighted by atomic mass is 9.78. The molecule has 76 heavy (non-hydrogen) atoms. The van der Waals surface area contributed by atoms with Crippen molar-refractivity contribution in [3.8, 4) is 0 Å². The molecule has 1 N–H and O–H groups in total. The first kappa shape index (κ1) is 65.0. The zero-order chi connectivity index (χ0) is 56.0. The van der Waals surface area contributed by atoms with Gasteiger partial charge in [-0.2, -0.15) is 0 Å². The highest BCUT2D eigenvalue weighted by Gasteiger charge is 2.53. The third kappa shape index (κ3) is 19.1. The lowest BCUT2D eigenvalue weighted by Crippen LogP contribution is -2.61. The van der Waals surface area contributed by atoms with Crippen molar-refractivity contribution in [2.24, 2.45) is 35.5 Å². The van der Waals surface area contributed by atoms with Gasteiger partial charge >= 0.3 is 5.97 Å². The minimum absolute atomic E-state index is 0.0325. The summed E-state index contributed by atoms with van der Waals surface area (Å²) in [6.45, 7) is 15.5. The lowest BCUT2D eigenvalue weighted by Gasteiger charge is -2.43. The predicted octanol–water partition coefficient (Wildman–Crippen LogP) is 7.54. The zero-order valence-electron chi connectivity index (χ0n) is 48.0. The summed E-state index contributed by atoms with van der Waals surface area (Å²) < 4.78 is 58.7. The Bertz CT molecular complexity index is 1950. The molecular weight excluding hydrogens is 979 g/mol. The molecule has 0 spiro atoms. The summed E-state index contributed by atoms with van der Waals surface area (Å²) in [4.78, 5) is 73.3. The molecule has 0 radical (unpaired) electrons. The van der Waals surface area contributed by atoms with E-state index in [1.54, 1.807) is 41.3 Å². The van der Waals surface area contributed by atoms with Crippen LogP contribution in [0.1, 0.15) is 126 Å². The van der Waals surface area contributed by atoms with Gasteiger partial charge in [-0.05, 0) is 107 Å². The molecule has 4 aliphatic rings. The van der Waals surface area contributed by atoms with Crippen LogP contribution in [0.2, 0.25) is 0 Å². The summed E-state index contributed by atoms with van der Waals surface area (Å²) >= 11 is 0. The Morgan fingerprint density at radius 1 is 0.737 bits per heavy atom. The molecule has 1 saturated carbocycles. The van der Waals surface area contributed by atoms with E-state index in [0.29, 0.717) is 77.1 Å². The number of allylic oxidation sites excluding steroid dienone is 6. The molecule has 0 aromatic rings. The molecule has 15 atom stereocenters. The standard InChI is InChI=1S/C59H95NO16/c1-38-18-14-13-15-19-39(2)50(74-31-30-73-29-28-72-27-26-67-8)36-46-23-21-44(7)59(66,76-46)56(63)57(64)60-25-17-16-20-47(60)58(65)75-51(41(4)34-45-22-24-49(68-9)52(35-45)69-10)37-48(61)40(3)33-43(6)54(70-11)55(71-12)53(62)42(5)32-38/h13-15,18-19,33,38,40-42,44-47,49-52,54-55,66H,16-17,20-32,34-37H2,1-12H3/b15-13?,18-14+,39-19?,43-33+/t38-,40-,41-,42-,44-,45+,46+,47+,49-,50?,51+,52-,54-,55+,59-/m1/s1. The number of amides is 1. The molecule has 4 rings (SSSR count). The maximum absolute atomic E-state index is 14.6. The molecule has 0 aromatic heterocycles. The molecule has 1 amide bonds. The van der Waals surface area contributed by atoms with Gasteiger partial charge in [-0.15, -0.1) is 0 Å². The van der Waals surface area contributed by atoms with E-state index in [1.165, 1.54) is 19.1 Å². The lowest BCUT2D eigenvalue weighted by molar-refractivity contribution is -0.266. The first-order valence-corrected chi connectivity index (χ1v) is 27.9. The third-order valence-electron chi connectivity index (χ3n) is 16.0. The predicted molar refractivity (Wildman–Crippen MR) is 287 cm³/mol. The molecule has 432 valence electrons. The first-order chi connectivity index (χ1) is 36.3. The number of esters is 1. The smallest absolute Gasteiger partial charge is 0.329 e. The van der Waals surface area contributed by atoms with Crippen LogP contribution in [0.4, 0.5) is 0 Å². The fraction of sp³-hybridized carbons (Fsp3) is 0.780. The highest BCUT2D eigenvalue weighted by molar-refractivity contribution is 6.39. The van der Waals surface area contributed by atoms with E-state index in [9.17, 15) is 29.1 Å². The summed E-state index contributed by atoms with van der Waals surface area (Å²) in [6.07, 6.45) is 13.5. The van der Waals surface area contributed by atoms with Gasteiger partial charge in [-0.3, -0.25) is 19.2 Å². The largest absolute Gasteiger partial charge is 0.460 e. The van der Waals surface area contributed by atoms with Crippen molar-refractivity contribution < 1.29 is 76.4 Å². The average molecular weight is 1070 g/mol. The van der Waals surface area contributed by atoms with Gasteiger partial charge in [-0.1, -0.05) is 71.1 Å². The second kappa shape index (κ2) is 33.2. The molecular formula is C59H95NO16. The number of rotatable bonds is 17. The number of aliphatic hydroxyl groups is 1. The Hall–Kier alpha value is -3.49. The molecule has 17 heteroatoms. The summed E-state index contributed by atoms with van der Waals surface area (Å²) in [5, 5.41) is 12.2. The van der Waals surface area contributed by atoms with E-state index in [4.69, 9.17) is 47.4 Å². The molecule has 17 nitrogen and oxygen atoms in total. The second-order valence-electron chi connectivity index (χ2n) is 21.9. The number of fused-ring (bicyclic) bond motifs is 3. The molecule has 1 unspecified atom stereocenters. The average Bonchev–Trinajstić information content (AvgIpc) is 3.40. The van der Waals surface area contributed by atoms with Crippen LogP contribution in [0.3, 0.4) is 0 Å². The van der Waals surface area contributed by atoms with Crippen LogP contribution in [0.15, 0.2) is 47.6 Å². The number of hydrogen-bond donors (Lipinski definition) is 1. The van der Waals surface area contributed by atoms with Crippen molar-refractivity contribution in [1.29, 1.82) is 0 Å². The van der Waals surface area contributed by atoms with Crippen LogP contribution in [0, 0.1) is 35.5 Å². The normalized spacial score (nSPS) is 35.2. The van der Waals surface area contributed by atoms with E-state index >= 15 is 0 Å². The Labute approximate surface area is 454 Å². The van der Waals surface area contributed by atoms with Gasteiger partial charge in [0.1, 0.15) is 30.1 Å². The number of methoxy groups -OCH3 is 5. The van der Waals surface area contributed by atoms with Gasteiger partial charge in [0, 0.05) is 72.7 Å². The second-order valence-corrected chi connectivity index (χ2v) is 21.9. The Kier molecular flexibility index (Phi) is 28.4. The molecule has 3 fully saturated rings. The number of ether oxygens (including phenoxy) is 10. The fourth-order valence-corrected chi connectivity index (χ4v) is 11.3. The maximum Gasteiger partial charge on any atom is 0.329 e. The van der Waals surface area contributed by atoms with Crippen molar-refractivity contribution in [2.45, 2.75) is 180 Å². The summed E-state index contributed by atoms with van der Waals surface area (Å²) in [6, 6.07) is -1.14. The number of Topliss-reactive ketones (excluding diaryl/α,β-unsaturated/α-hetero) is 3. The van der Waals surface area contributed by atoms with E-state index < -0.39 is 71.8 Å². The number of nitrogens with zero attached hydrogens (tertiary/aromatic N) is 1. The molecule has 3 heterocycles. The van der Waals surface area contributed by atoms with Gasteiger partial charge in [0.2, 0.25) is 5.79 Å². The van der Waals surface area contributed by atoms with Crippen LogP contribution in [-0.2, 0) is 71.3 Å². The van der Waals surface area contributed by atoms with Crippen molar-refractivity contribution in [3.63, 3.8) is 0 Å². The number of carbonyl (C=O) groups excluding carboxylic acids is 5. The summed E-state index contributed by atoms with van der Waals surface area (Å²) in [7, 11) is 7.97. The van der Waals surface area contributed by atoms with Crippen molar-refractivity contribution >= 4 is 29.2 Å². The minimum atomic E-state index is -2.47. The Balaban J connectivity index is 1.70. The van der Waals surface area contributed by atoms with Crippen LogP contribution in [0.5, 0.6) is 0 Å². The topological polar surface area (TPSA) is 201 Å². The van der Waals surface area contributed by atoms with Crippen LogP contribution >= 0.6 is 0 Å². The number of ketones is 3. The van der Waals surface area contributed by atoms with E-state index in [-0.39, 0.29) is 79.9 Å². The van der Waals surface area contributed by atoms with Crippen molar-refractivity contribution in [1.82, 2.24) is 4.90 Å². The maximum atomic E-state index is 14.6. The van der Waals surface area contributed by atoms with E-state index in [0.717, 1.165) is 24.8 Å². The highest BCUT2D eigenvalue weighted by Crippen LogP contribution is 2.38. The number of carbonyl (C=O) groups is 5. The summed E-state index contributed by atoms with van der Waals surface area (Å²) in [5.41, 5.74) is 1.50. The SMILES string of the molecule is COCCOCCOCCOC1C[C@@H]2CC[C@@H](C)[C@@](O)(O2)C(=O)C(=O)N2CCCC[C@H]2C(=O)O[C@H]([C@H](C)C[C@@H]2CC[C@@H](OC)[C@H](OC)C2)CC(=O)[C@H](C)/C=C(\C)[C@@H](OC)[C@@H](OC)C(=O)[C@H](C)C[C@H](C)/C=C/C=CC=C1C. The van der Waals surface area contributed by atoms with Crippen LogP contribution in [-0.4, -0.2) is 176 Å². The van der Waals surface area contributed by atoms with Crippen LogP contribution < -0.4 is 0 Å². The Morgan fingerprint density at radius 2 is 1.42 bits per heavy atom. The molecule has 2 saturated heterocycles.